The molecule has 0 fully saturated rings. The van der Waals surface area contributed by atoms with Crippen LogP contribution in [-0.2, 0) is 21.1 Å². The Morgan fingerprint density at radius 2 is 2.08 bits per heavy atom. The molecule has 0 aliphatic carbocycles. The van der Waals surface area contributed by atoms with Crippen molar-refractivity contribution in [3.63, 3.8) is 0 Å². The minimum atomic E-state index is -4.03. The average Bonchev–Trinajstić information content (AvgIpc) is 2.97. The number of ketones is 1. The second-order valence-corrected chi connectivity index (χ2v) is 7.91. The van der Waals surface area contributed by atoms with Gasteiger partial charge in [-0.3, -0.25) is 14.3 Å². The number of rotatable bonds is 4. The fourth-order valence-electron chi connectivity index (χ4n) is 3.09. The minimum absolute atomic E-state index is 0.0629. The molecule has 0 saturated heterocycles. The van der Waals surface area contributed by atoms with Gasteiger partial charge in [0.25, 0.3) is 5.56 Å². The van der Waals surface area contributed by atoms with Gasteiger partial charge in [0.2, 0.25) is 5.78 Å². The van der Waals surface area contributed by atoms with Crippen molar-refractivity contribution < 1.29 is 26.7 Å². The van der Waals surface area contributed by atoms with E-state index in [1.807, 2.05) is 0 Å². The molecule has 140 valence electrons. The summed E-state index contributed by atoms with van der Waals surface area (Å²) in [6.45, 7) is 1.93. The van der Waals surface area contributed by atoms with Crippen LogP contribution in [0.1, 0.15) is 40.9 Å². The zero-order valence-electron chi connectivity index (χ0n) is 14.0. The number of hydrogen-bond acceptors (Lipinski definition) is 5. The third-order valence-corrected chi connectivity index (χ3v) is 6.23. The Hall–Kier alpha value is -2.33. The lowest BCUT2D eigenvalue weighted by molar-refractivity contribution is 0.0912. The van der Waals surface area contributed by atoms with Crippen molar-refractivity contribution in [3.8, 4) is 0 Å². The average molecular weight is 386 g/mol. The summed E-state index contributed by atoms with van der Waals surface area (Å²) in [5.74, 6) is -3.85. The Morgan fingerprint density at radius 1 is 1.38 bits per heavy atom. The van der Waals surface area contributed by atoms with Crippen LogP contribution < -0.4 is 5.56 Å². The van der Waals surface area contributed by atoms with E-state index in [1.54, 1.807) is 6.92 Å². The smallest absolute Gasteiger partial charge is 0.277 e. The summed E-state index contributed by atoms with van der Waals surface area (Å²) in [6, 6.07) is 0.523. The quantitative estimate of drug-likeness (QED) is 0.805. The maximum atomic E-state index is 15.0. The molecule has 1 aliphatic rings. The van der Waals surface area contributed by atoms with Crippen LogP contribution in [0.25, 0.3) is 0 Å². The van der Waals surface area contributed by atoms with E-state index in [4.69, 9.17) is 4.74 Å². The van der Waals surface area contributed by atoms with Crippen LogP contribution in [0.2, 0.25) is 0 Å². The number of carbonyl (C=O) groups is 1. The summed E-state index contributed by atoms with van der Waals surface area (Å²) in [6.07, 6.45) is 0.0385. The van der Waals surface area contributed by atoms with Crippen molar-refractivity contribution in [1.29, 1.82) is 0 Å². The fourth-order valence-corrected chi connectivity index (χ4v) is 4.73. The highest BCUT2D eigenvalue weighted by Gasteiger charge is 2.38. The number of halogens is 2. The first-order valence-corrected chi connectivity index (χ1v) is 9.48. The van der Waals surface area contributed by atoms with E-state index in [2.05, 4.69) is 5.10 Å². The number of sulfone groups is 1. The van der Waals surface area contributed by atoms with Crippen LogP contribution in [0.3, 0.4) is 0 Å². The number of fused-ring (bicyclic) bond motifs is 1. The summed E-state index contributed by atoms with van der Waals surface area (Å²) in [7, 11) is -2.79. The zero-order valence-corrected chi connectivity index (χ0v) is 14.8. The molecule has 2 heterocycles. The molecule has 1 unspecified atom stereocenters. The van der Waals surface area contributed by atoms with Gasteiger partial charge < -0.3 is 9.84 Å². The Labute approximate surface area is 147 Å². The number of carbonyl (C=O) groups excluding carboxylic acids is 1. The number of methoxy groups -OCH3 is 1. The predicted octanol–water partition coefficient (Wildman–Crippen LogP) is 1.57. The number of aromatic amines is 1. The van der Waals surface area contributed by atoms with Crippen molar-refractivity contribution in [2.45, 2.75) is 30.9 Å². The number of H-pyrrole nitrogens is 1. The number of ether oxygens (including phenoxy) is 1. The summed E-state index contributed by atoms with van der Waals surface area (Å²) < 4.78 is 60.0. The first-order chi connectivity index (χ1) is 12.2. The predicted molar refractivity (Wildman–Crippen MR) is 86.9 cm³/mol. The van der Waals surface area contributed by atoms with Crippen molar-refractivity contribution in [1.82, 2.24) is 9.78 Å². The zero-order chi connectivity index (χ0) is 19.2. The van der Waals surface area contributed by atoms with E-state index in [9.17, 15) is 22.4 Å². The Morgan fingerprint density at radius 3 is 2.65 bits per heavy atom. The van der Waals surface area contributed by atoms with Gasteiger partial charge in [0.15, 0.2) is 9.84 Å². The van der Waals surface area contributed by atoms with Gasteiger partial charge in [0.1, 0.15) is 22.1 Å². The van der Waals surface area contributed by atoms with Crippen LogP contribution >= 0.6 is 0 Å². The first-order valence-electron chi connectivity index (χ1n) is 7.83. The molecule has 1 N–H and O–H groups in total. The second-order valence-electron chi connectivity index (χ2n) is 5.86. The minimum Gasteiger partial charge on any atom is -0.377 e. The molecule has 7 nitrogen and oxygen atoms in total. The van der Waals surface area contributed by atoms with Crippen molar-refractivity contribution in [2.75, 3.05) is 12.9 Å². The second kappa shape index (κ2) is 6.44. The Balaban J connectivity index is 2.25. The van der Waals surface area contributed by atoms with Gasteiger partial charge >= 0.3 is 0 Å². The lowest BCUT2D eigenvalue weighted by Gasteiger charge is -2.26. The van der Waals surface area contributed by atoms with Crippen molar-refractivity contribution in [2.24, 2.45) is 0 Å². The van der Waals surface area contributed by atoms with E-state index >= 15 is 4.39 Å². The molecule has 1 atom stereocenters. The van der Waals surface area contributed by atoms with Crippen molar-refractivity contribution >= 4 is 15.6 Å². The highest BCUT2D eigenvalue weighted by atomic mass is 32.2. The van der Waals surface area contributed by atoms with E-state index in [1.165, 1.54) is 7.11 Å². The highest BCUT2D eigenvalue weighted by molar-refractivity contribution is 7.91. The van der Waals surface area contributed by atoms with Crippen LogP contribution in [-0.4, -0.2) is 36.8 Å². The molecule has 3 rings (SSSR count). The monoisotopic (exact) mass is 386 g/mol. The molecule has 1 aliphatic heterocycles. The summed E-state index contributed by atoms with van der Waals surface area (Å²) >= 11 is 0. The number of nitrogens with one attached hydrogen (secondary N) is 1. The fraction of sp³-hybridized carbons (Fsp3) is 0.375. The molecule has 0 amide bonds. The van der Waals surface area contributed by atoms with Crippen LogP contribution in [0.4, 0.5) is 8.78 Å². The molecule has 1 aromatic carbocycles. The van der Waals surface area contributed by atoms with Gasteiger partial charge in [0, 0.05) is 25.4 Å². The van der Waals surface area contributed by atoms with Gasteiger partial charge in [-0.2, -0.15) is 0 Å². The Kier molecular flexibility index (Phi) is 4.57. The first kappa shape index (κ1) is 18.5. The highest BCUT2D eigenvalue weighted by Crippen LogP contribution is 2.39. The van der Waals surface area contributed by atoms with Gasteiger partial charge in [-0.15, -0.1) is 0 Å². The third kappa shape index (κ3) is 2.69. The number of hydrogen-bond donors (Lipinski definition) is 1. The van der Waals surface area contributed by atoms with E-state index < -0.39 is 54.9 Å². The number of benzene rings is 1. The molecule has 0 bridgehead atoms. The van der Waals surface area contributed by atoms with E-state index in [0.29, 0.717) is 6.07 Å². The summed E-state index contributed by atoms with van der Waals surface area (Å²) in [5, 5.41) is 2.55. The van der Waals surface area contributed by atoms with Gasteiger partial charge in [0.05, 0.1) is 17.4 Å². The molecule has 0 saturated carbocycles. The number of aryl methyl sites for hydroxylation is 1. The molecule has 26 heavy (non-hydrogen) atoms. The van der Waals surface area contributed by atoms with Crippen LogP contribution in [0, 0.1) is 11.6 Å². The van der Waals surface area contributed by atoms with E-state index in [-0.39, 0.29) is 24.3 Å². The maximum absolute atomic E-state index is 15.0. The molecule has 10 heteroatoms. The number of aromatic nitrogens is 2. The normalized spacial score (nSPS) is 18.5. The van der Waals surface area contributed by atoms with E-state index in [0.717, 1.165) is 10.9 Å². The lowest BCUT2D eigenvalue weighted by Crippen LogP contribution is -2.26. The summed E-state index contributed by atoms with van der Waals surface area (Å²) in [4.78, 5) is 23.9. The van der Waals surface area contributed by atoms with Gasteiger partial charge in [-0.25, -0.2) is 17.2 Å². The SMILES string of the molecule is CCn1[nH]cc(C(=O)c2cc(F)c3c(c2F)C(OC)CCS3(=O)=O)c1=O. The standard InChI is InChI=1S/C16H16F2N2O5S/c1-3-20-16(22)9(7-19-20)14(21)8-6-10(17)15-12(13(8)18)11(25-2)4-5-26(15,23)24/h6-7,11,19H,3-5H2,1-2H3. The molecule has 0 spiro atoms. The molecular weight excluding hydrogens is 370 g/mol. The molecular formula is C16H16F2N2O5S. The van der Waals surface area contributed by atoms with Crippen LogP contribution in [0.15, 0.2) is 22.0 Å². The number of nitrogens with zero attached hydrogens (tertiary/aromatic N) is 1. The maximum Gasteiger partial charge on any atom is 0.277 e. The molecule has 2 aromatic rings. The van der Waals surface area contributed by atoms with Gasteiger partial charge in [-0.1, -0.05) is 0 Å². The van der Waals surface area contributed by atoms with Gasteiger partial charge in [-0.05, 0) is 19.4 Å². The van der Waals surface area contributed by atoms with Crippen molar-refractivity contribution in [3.05, 3.63) is 50.9 Å². The Bertz CT molecular complexity index is 1060. The summed E-state index contributed by atoms with van der Waals surface area (Å²) in [5.41, 5.74) is -2.25. The third-order valence-electron chi connectivity index (χ3n) is 4.42. The molecule has 0 radical (unpaired) electrons. The lowest BCUT2D eigenvalue weighted by atomic mass is 9.97. The largest absolute Gasteiger partial charge is 0.377 e. The van der Waals surface area contributed by atoms with Crippen LogP contribution in [0.5, 0.6) is 0 Å². The molecule has 1 aromatic heterocycles. The topological polar surface area (TPSA) is 98.2 Å².